The number of carbonyl (C=O) groups is 2. The number of benzene rings is 1. The zero-order valence-electron chi connectivity index (χ0n) is 11.8. The van der Waals surface area contributed by atoms with Crippen LogP contribution in [0, 0.1) is 0 Å². The maximum absolute atomic E-state index is 11.9. The van der Waals surface area contributed by atoms with Crippen LogP contribution in [0.2, 0.25) is 0 Å². The van der Waals surface area contributed by atoms with E-state index in [1.165, 1.54) is 0 Å². The Hall–Kier alpha value is -2.15. The Morgan fingerprint density at radius 1 is 1.23 bits per heavy atom. The van der Waals surface area contributed by atoms with Gasteiger partial charge in [0.05, 0.1) is 0 Å². The van der Waals surface area contributed by atoms with Gasteiger partial charge in [-0.3, -0.25) is 9.59 Å². The molecule has 7 heteroatoms. The molecule has 0 unspecified atom stereocenters. The summed E-state index contributed by atoms with van der Waals surface area (Å²) in [6.45, 7) is 0.442. The molecule has 6 nitrogen and oxygen atoms in total. The van der Waals surface area contributed by atoms with Crippen molar-refractivity contribution >= 4 is 27.8 Å². The van der Waals surface area contributed by atoms with Gasteiger partial charge in [0.2, 0.25) is 0 Å². The van der Waals surface area contributed by atoms with Crippen LogP contribution in [-0.2, 0) is 4.79 Å². The molecule has 1 amide bonds. The first-order valence-corrected chi connectivity index (χ1v) is 7.65. The van der Waals surface area contributed by atoms with E-state index in [-0.39, 0.29) is 12.3 Å². The lowest BCUT2D eigenvalue weighted by molar-refractivity contribution is -0.137. The van der Waals surface area contributed by atoms with Gasteiger partial charge in [0.1, 0.15) is 12.0 Å². The lowest BCUT2D eigenvalue weighted by atomic mass is 10.2. The predicted octanol–water partition coefficient (Wildman–Crippen LogP) is 2.62. The molecule has 1 heterocycles. The van der Waals surface area contributed by atoms with Crippen molar-refractivity contribution in [2.45, 2.75) is 19.3 Å². The van der Waals surface area contributed by atoms with Crippen LogP contribution in [-0.4, -0.2) is 33.1 Å². The van der Waals surface area contributed by atoms with Crippen molar-refractivity contribution in [3.63, 3.8) is 0 Å². The van der Waals surface area contributed by atoms with Gasteiger partial charge in [0, 0.05) is 29.3 Å². The number of imidazole rings is 1. The minimum absolute atomic E-state index is 0.119. The van der Waals surface area contributed by atoms with Crippen molar-refractivity contribution in [2.75, 3.05) is 6.54 Å². The standard InChI is InChI=1S/C15H16BrN3O3/c16-11-4-6-12(7-5-11)19-9-13(18-10-19)15(22)17-8-2-1-3-14(20)21/h4-7,9-10H,1-3,8H2,(H,17,22)(H,20,21). The van der Waals surface area contributed by atoms with Crippen LogP contribution in [0.4, 0.5) is 0 Å². The number of carbonyl (C=O) groups excluding carboxylic acids is 1. The fourth-order valence-corrected chi connectivity index (χ4v) is 2.15. The normalized spacial score (nSPS) is 10.4. The van der Waals surface area contributed by atoms with Gasteiger partial charge in [0.15, 0.2) is 0 Å². The average Bonchev–Trinajstić information content (AvgIpc) is 2.97. The van der Waals surface area contributed by atoms with E-state index in [0.717, 1.165) is 10.2 Å². The molecule has 0 saturated heterocycles. The summed E-state index contributed by atoms with van der Waals surface area (Å²) in [6.07, 6.45) is 4.54. The lowest BCUT2D eigenvalue weighted by Gasteiger charge is -2.02. The number of hydrogen-bond donors (Lipinski definition) is 2. The Kier molecular flexibility index (Phi) is 5.71. The van der Waals surface area contributed by atoms with Crippen molar-refractivity contribution in [1.29, 1.82) is 0 Å². The molecule has 1 aromatic carbocycles. The number of carboxylic acids is 1. The molecular weight excluding hydrogens is 350 g/mol. The van der Waals surface area contributed by atoms with Crippen LogP contribution >= 0.6 is 15.9 Å². The van der Waals surface area contributed by atoms with Gasteiger partial charge in [-0.05, 0) is 37.1 Å². The lowest BCUT2D eigenvalue weighted by Crippen LogP contribution is -2.24. The SMILES string of the molecule is O=C(O)CCCCNC(=O)c1cn(-c2ccc(Br)cc2)cn1. The van der Waals surface area contributed by atoms with Gasteiger partial charge in [-0.25, -0.2) is 4.98 Å². The molecule has 0 radical (unpaired) electrons. The summed E-state index contributed by atoms with van der Waals surface area (Å²) < 4.78 is 2.75. The first kappa shape index (κ1) is 16.2. The van der Waals surface area contributed by atoms with E-state index in [0.29, 0.717) is 25.1 Å². The molecule has 2 N–H and O–H groups in total. The predicted molar refractivity (Wildman–Crippen MR) is 85.1 cm³/mol. The Morgan fingerprint density at radius 2 is 1.95 bits per heavy atom. The molecular formula is C15H16BrN3O3. The third-order valence-electron chi connectivity index (χ3n) is 3.04. The maximum atomic E-state index is 11.9. The molecule has 1 aromatic heterocycles. The minimum Gasteiger partial charge on any atom is -0.481 e. The molecule has 2 rings (SSSR count). The molecule has 0 aliphatic rings. The number of carboxylic acid groups (broad SMARTS) is 1. The highest BCUT2D eigenvalue weighted by Crippen LogP contribution is 2.14. The van der Waals surface area contributed by atoms with Crippen LogP contribution in [0.15, 0.2) is 41.3 Å². The summed E-state index contributed by atoms with van der Waals surface area (Å²) in [5.41, 5.74) is 1.25. The highest BCUT2D eigenvalue weighted by molar-refractivity contribution is 9.10. The second-order valence-electron chi connectivity index (χ2n) is 4.75. The van der Waals surface area contributed by atoms with Gasteiger partial charge >= 0.3 is 5.97 Å². The Balaban J connectivity index is 1.86. The number of nitrogens with one attached hydrogen (secondary N) is 1. The molecule has 0 saturated carbocycles. The monoisotopic (exact) mass is 365 g/mol. The van der Waals surface area contributed by atoms with Crippen molar-refractivity contribution in [3.05, 3.63) is 47.0 Å². The topological polar surface area (TPSA) is 84.2 Å². The molecule has 0 bridgehead atoms. The summed E-state index contributed by atoms with van der Waals surface area (Å²) in [7, 11) is 0. The molecule has 22 heavy (non-hydrogen) atoms. The number of hydrogen-bond acceptors (Lipinski definition) is 3. The van der Waals surface area contributed by atoms with Gasteiger partial charge in [-0.2, -0.15) is 0 Å². The fourth-order valence-electron chi connectivity index (χ4n) is 1.89. The van der Waals surface area contributed by atoms with Gasteiger partial charge in [0.25, 0.3) is 5.91 Å². The number of amides is 1. The maximum Gasteiger partial charge on any atom is 0.303 e. The first-order chi connectivity index (χ1) is 10.6. The second kappa shape index (κ2) is 7.74. The molecule has 0 fully saturated rings. The number of aliphatic carboxylic acids is 1. The van der Waals surface area contributed by atoms with Gasteiger partial charge in [-0.1, -0.05) is 15.9 Å². The largest absolute Gasteiger partial charge is 0.481 e. The highest BCUT2D eigenvalue weighted by atomic mass is 79.9. The number of rotatable bonds is 7. The van der Waals surface area contributed by atoms with Crippen molar-refractivity contribution in [3.8, 4) is 5.69 Å². The summed E-state index contributed by atoms with van der Waals surface area (Å²) in [5, 5.41) is 11.3. The summed E-state index contributed by atoms with van der Waals surface area (Å²) in [5.74, 6) is -1.08. The third kappa shape index (κ3) is 4.70. The van der Waals surface area contributed by atoms with E-state index in [4.69, 9.17) is 5.11 Å². The summed E-state index contributed by atoms with van der Waals surface area (Å²) in [6, 6.07) is 7.66. The summed E-state index contributed by atoms with van der Waals surface area (Å²) >= 11 is 3.37. The van der Waals surface area contributed by atoms with E-state index in [2.05, 4.69) is 26.2 Å². The first-order valence-electron chi connectivity index (χ1n) is 6.86. The van der Waals surface area contributed by atoms with E-state index >= 15 is 0 Å². The molecule has 0 aliphatic carbocycles. The molecule has 116 valence electrons. The van der Waals surface area contributed by atoms with Crippen molar-refractivity contribution in [2.24, 2.45) is 0 Å². The molecule has 2 aromatic rings. The molecule has 0 aliphatic heterocycles. The van der Waals surface area contributed by atoms with E-state index in [1.807, 2.05) is 24.3 Å². The van der Waals surface area contributed by atoms with Crippen LogP contribution in [0.1, 0.15) is 29.8 Å². The van der Waals surface area contributed by atoms with Crippen LogP contribution in [0.5, 0.6) is 0 Å². The number of nitrogens with zero attached hydrogens (tertiary/aromatic N) is 2. The van der Waals surface area contributed by atoms with E-state index < -0.39 is 5.97 Å². The van der Waals surface area contributed by atoms with Crippen LogP contribution < -0.4 is 5.32 Å². The summed E-state index contributed by atoms with van der Waals surface area (Å²) in [4.78, 5) is 26.4. The Labute approximate surface area is 136 Å². The molecule has 0 spiro atoms. The van der Waals surface area contributed by atoms with Crippen molar-refractivity contribution in [1.82, 2.24) is 14.9 Å². The quantitative estimate of drug-likeness (QED) is 0.738. The average molecular weight is 366 g/mol. The second-order valence-corrected chi connectivity index (χ2v) is 5.67. The Bertz CT molecular complexity index is 652. The third-order valence-corrected chi connectivity index (χ3v) is 3.57. The minimum atomic E-state index is -0.820. The smallest absolute Gasteiger partial charge is 0.303 e. The number of unbranched alkanes of at least 4 members (excludes halogenated alkanes) is 1. The van der Waals surface area contributed by atoms with E-state index in [9.17, 15) is 9.59 Å². The Morgan fingerprint density at radius 3 is 2.64 bits per heavy atom. The van der Waals surface area contributed by atoms with E-state index in [1.54, 1.807) is 17.1 Å². The zero-order chi connectivity index (χ0) is 15.9. The van der Waals surface area contributed by atoms with Crippen LogP contribution in [0.3, 0.4) is 0 Å². The van der Waals surface area contributed by atoms with Crippen molar-refractivity contribution < 1.29 is 14.7 Å². The van der Waals surface area contributed by atoms with Gasteiger partial charge < -0.3 is 15.0 Å². The fraction of sp³-hybridized carbons (Fsp3) is 0.267. The number of halogens is 1. The number of aromatic nitrogens is 2. The van der Waals surface area contributed by atoms with Gasteiger partial charge in [-0.15, -0.1) is 0 Å². The zero-order valence-corrected chi connectivity index (χ0v) is 13.4. The van der Waals surface area contributed by atoms with Crippen LogP contribution in [0.25, 0.3) is 5.69 Å². The highest BCUT2D eigenvalue weighted by Gasteiger charge is 2.09. The molecule has 0 atom stereocenters.